The standard InChI is InChI=1S/C25H29N9O3/c1-16-15-36-11-10-34(16)24-31-22(30-23(32-24)33-13-20-6-7-21(14-33)37-20)17-2-4-18(5-3-17)28-25(35)29-19-8-9-26-27-12-19/h2-5,8-9,12,16,20-21H,6-7,10-11,13-15H2,1H3,(H2,26,28,29,35)/t16-,20?,21?/m0/s1. The molecule has 6 rings (SSSR count). The quantitative estimate of drug-likeness (QED) is 0.536. The van der Waals surface area contributed by atoms with Crippen LogP contribution in [-0.4, -0.2) is 82.3 Å². The number of ether oxygens (including phenoxy) is 2. The molecule has 3 fully saturated rings. The minimum atomic E-state index is -0.367. The molecule has 12 nitrogen and oxygen atoms in total. The van der Waals surface area contributed by atoms with E-state index >= 15 is 0 Å². The molecule has 0 saturated carbocycles. The summed E-state index contributed by atoms with van der Waals surface area (Å²) < 4.78 is 11.7. The number of benzene rings is 1. The average Bonchev–Trinajstić information content (AvgIpc) is 3.26. The molecular weight excluding hydrogens is 474 g/mol. The first-order valence-electron chi connectivity index (χ1n) is 12.6. The van der Waals surface area contributed by atoms with Gasteiger partial charge in [-0.3, -0.25) is 0 Å². The SMILES string of the molecule is C[C@H]1COCCN1c1nc(-c2ccc(NC(=O)Nc3ccnnc3)cc2)nc(N2CC3CCC(C2)O3)n1. The normalized spacial score (nSPS) is 23.1. The maximum atomic E-state index is 12.3. The molecule has 3 aliphatic rings. The van der Waals surface area contributed by atoms with Crippen molar-refractivity contribution in [2.45, 2.75) is 38.0 Å². The van der Waals surface area contributed by atoms with Crippen molar-refractivity contribution in [3.05, 3.63) is 42.7 Å². The summed E-state index contributed by atoms with van der Waals surface area (Å²) in [4.78, 5) is 31.3. The molecule has 1 aromatic carbocycles. The van der Waals surface area contributed by atoms with E-state index in [2.05, 4.69) is 37.6 Å². The second-order valence-corrected chi connectivity index (χ2v) is 9.53. The number of aromatic nitrogens is 5. The fraction of sp³-hybridized carbons (Fsp3) is 0.440. The van der Waals surface area contributed by atoms with E-state index in [9.17, 15) is 4.79 Å². The molecule has 192 valence electrons. The van der Waals surface area contributed by atoms with Gasteiger partial charge in [-0.1, -0.05) is 0 Å². The summed E-state index contributed by atoms with van der Waals surface area (Å²) >= 11 is 0. The third-order valence-corrected chi connectivity index (χ3v) is 6.81. The van der Waals surface area contributed by atoms with Gasteiger partial charge in [0.1, 0.15) is 0 Å². The summed E-state index contributed by atoms with van der Waals surface area (Å²) in [6, 6.07) is 8.92. The number of nitrogens with zero attached hydrogens (tertiary/aromatic N) is 7. The molecule has 0 radical (unpaired) electrons. The van der Waals surface area contributed by atoms with Crippen molar-refractivity contribution in [2.24, 2.45) is 0 Å². The molecule has 2 amide bonds. The number of morpholine rings is 2. The first kappa shape index (κ1) is 23.5. The summed E-state index contributed by atoms with van der Waals surface area (Å²) in [5, 5.41) is 13.0. The van der Waals surface area contributed by atoms with Crippen molar-refractivity contribution >= 4 is 29.3 Å². The van der Waals surface area contributed by atoms with Crippen LogP contribution in [-0.2, 0) is 9.47 Å². The third kappa shape index (κ3) is 5.30. The first-order valence-corrected chi connectivity index (χ1v) is 12.6. The molecule has 2 bridgehead atoms. The van der Waals surface area contributed by atoms with Crippen molar-refractivity contribution in [3.63, 3.8) is 0 Å². The van der Waals surface area contributed by atoms with Crippen molar-refractivity contribution in [2.75, 3.05) is 53.3 Å². The molecule has 0 spiro atoms. The van der Waals surface area contributed by atoms with Crippen LogP contribution < -0.4 is 20.4 Å². The van der Waals surface area contributed by atoms with Crippen LogP contribution in [0.5, 0.6) is 0 Å². The lowest BCUT2D eigenvalue weighted by atomic mass is 10.2. The zero-order valence-electron chi connectivity index (χ0n) is 20.6. The van der Waals surface area contributed by atoms with Crippen LogP contribution in [0.15, 0.2) is 42.7 Å². The van der Waals surface area contributed by atoms with E-state index in [4.69, 9.17) is 24.4 Å². The highest BCUT2D eigenvalue weighted by Crippen LogP contribution is 2.30. The lowest BCUT2D eigenvalue weighted by Crippen LogP contribution is -2.46. The average molecular weight is 504 g/mol. The molecule has 5 heterocycles. The summed E-state index contributed by atoms with van der Waals surface area (Å²) in [5.41, 5.74) is 2.04. The number of hydrogen-bond donors (Lipinski definition) is 2. The van der Waals surface area contributed by atoms with E-state index in [0.29, 0.717) is 42.3 Å². The number of rotatable bonds is 5. The lowest BCUT2D eigenvalue weighted by Gasteiger charge is -2.35. The van der Waals surface area contributed by atoms with Crippen molar-refractivity contribution < 1.29 is 14.3 Å². The van der Waals surface area contributed by atoms with E-state index in [1.54, 1.807) is 6.07 Å². The van der Waals surface area contributed by atoms with E-state index in [-0.39, 0.29) is 24.3 Å². The van der Waals surface area contributed by atoms with Gasteiger partial charge in [-0.2, -0.15) is 25.1 Å². The molecule has 3 saturated heterocycles. The van der Waals surface area contributed by atoms with E-state index in [1.807, 2.05) is 24.3 Å². The van der Waals surface area contributed by atoms with Gasteiger partial charge in [0, 0.05) is 30.9 Å². The smallest absolute Gasteiger partial charge is 0.323 e. The fourth-order valence-corrected chi connectivity index (χ4v) is 4.92. The Kier molecular flexibility index (Phi) is 6.49. The number of carbonyl (C=O) groups excluding carboxylic acids is 1. The Morgan fingerprint density at radius 2 is 1.70 bits per heavy atom. The predicted octanol–water partition coefficient (Wildman–Crippen LogP) is 2.57. The maximum Gasteiger partial charge on any atom is 0.323 e. The highest BCUT2D eigenvalue weighted by Gasteiger charge is 2.35. The Balaban J connectivity index is 1.25. The topological polar surface area (TPSA) is 131 Å². The number of carbonyl (C=O) groups is 1. The van der Waals surface area contributed by atoms with Gasteiger partial charge in [-0.25, -0.2) is 4.79 Å². The van der Waals surface area contributed by atoms with Gasteiger partial charge < -0.3 is 29.9 Å². The van der Waals surface area contributed by atoms with Crippen LogP contribution in [0, 0.1) is 0 Å². The number of hydrogen-bond acceptors (Lipinski definition) is 10. The molecule has 3 atom stereocenters. The number of anilines is 4. The Hall–Kier alpha value is -3.90. The molecule has 3 aliphatic heterocycles. The van der Waals surface area contributed by atoms with Gasteiger partial charge in [-0.15, -0.1) is 0 Å². The third-order valence-electron chi connectivity index (χ3n) is 6.81. The second kappa shape index (κ2) is 10.2. The Morgan fingerprint density at radius 1 is 0.946 bits per heavy atom. The monoisotopic (exact) mass is 503 g/mol. The fourth-order valence-electron chi connectivity index (χ4n) is 4.92. The summed E-state index contributed by atoms with van der Waals surface area (Å²) in [6.07, 6.45) is 5.60. The van der Waals surface area contributed by atoms with Gasteiger partial charge in [-0.05, 0) is 50.1 Å². The van der Waals surface area contributed by atoms with Crippen molar-refractivity contribution in [1.29, 1.82) is 0 Å². The molecule has 2 N–H and O–H groups in total. The number of nitrogens with one attached hydrogen (secondary N) is 2. The molecule has 0 aliphatic carbocycles. The maximum absolute atomic E-state index is 12.3. The highest BCUT2D eigenvalue weighted by molar-refractivity contribution is 5.99. The van der Waals surface area contributed by atoms with Crippen molar-refractivity contribution in [3.8, 4) is 11.4 Å². The van der Waals surface area contributed by atoms with Gasteiger partial charge in [0.15, 0.2) is 5.82 Å². The van der Waals surface area contributed by atoms with Gasteiger partial charge in [0.25, 0.3) is 0 Å². The predicted molar refractivity (Wildman–Crippen MR) is 138 cm³/mol. The van der Waals surface area contributed by atoms with Gasteiger partial charge in [0.2, 0.25) is 11.9 Å². The molecule has 2 aromatic heterocycles. The minimum Gasteiger partial charge on any atom is -0.377 e. The zero-order chi connectivity index (χ0) is 25.2. The summed E-state index contributed by atoms with van der Waals surface area (Å²) in [6.45, 7) is 5.68. The van der Waals surface area contributed by atoms with Crippen LogP contribution >= 0.6 is 0 Å². The summed E-state index contributed by atoms with van der Waals surface area (Å²) in [7, 11) is 0. The van der Waals surface area contributed by atoms with Crippen LogP contribution in [0.4, 0.5) is 28.1 Å². The molecule has 37 heavy (non-hydrogen) atoms. The van der Waals surface area contributed by atoms with Crippen LogP contribution in [0.25, 0.3) is 11.4 Å². The number of urea groups is 1. The largest absolute Gasteiger partial charge is 0.377 e. The van der Waals surface area contributed by atoms with Crippen LogP contribution in [0.1, 0.15) is 19.8 Å². The minimum absolute atomic E-state index is 0.165. The Bertz CT molecular complexity index is 1230. The number of amides is 2. The zero-order valence-corrected chi connectivity index (χ0v) is 20.6. The van der Waals surface area contributed by atoms with Gasteiger partial charge >= 0.3 is 6.03 Å². The van der Waals surface area contributed by atoms with Gasteiger partial charge in [0.05, 0.1) is 49.5 Å². The Morgan fingerprint density at radius 3 is 2.43 bits per heavy atom. The molecule has 12 heteroatoms. The van der Waals surface area contributed by atoms with Crippen LogP contribution in [0.2, 0.25) is 0 Å². The highest BCUT2D eigenvalue weighted by atomic mass is 16.5. The Labute approximate surface area is 214 Å². The van der Waals surface area contributed by atoms with E-state index in [0.717, 1.165) is 38.0 Å². The molecular formula is C25H29N9O3. The second-order valence-electron chi connectivity index (χ2n) is 9.53. The number of fused-ring (bicyclic) bond motifs is 2. The van der Waals surface area contributed by atoms with Crippen molar-refractivity contribution in [1.82, 2.24) is 25.1 Å². The molecule has 3 aromatic rings. The van der Waals surface area contributed by atoms with E-state index in [1.165, 1.54) is 12.4 Å². The summed E-state index contributed by atoms with van der Waals surface area (Å²) in [5.74, 6) is 1.92. The lowest BCUT2D eigenvalue weighted by molar-refractivity contribution is 0.0299. The van der Waals surface area contributed by atoms with E-state index < -0.39 is 0 Å². The van der Waals surface area contributed by atoms with Crippen LogP contribution in [0.3, 0.4) is 0 Å². The molecule has 2 unspecified atom stereocenters. The first-order chi connectivity index (χ1) is 18.1.